The highest BCUT2D eigenvalue weighted by Crippen LogP contribution is 2.29. The van der Waals surface area contributed by atoms with Crippen LogP contribution in [0.3, 0.4) is 0 Å². The number of aromatic nitrogens is 4. The summed E-state index contributed by atoms with van der Waals surface area (Å²) in [7, 11) is 1.40. The molecule has 1 aliphatic rings. The van der Waals surface area contributed by atoms with Crippen molar-refractivity contribution in [1.82, 2.24) is 19.9 Å². The van der Waals surface area contributed by atoms with Crippen molar-refractivity contribution in [3.8, 4) is 0 Å². The first-order valence-corrected chi connectivity index (χ1v) is 9.45. The largest absolute Gasteiger partial charge is 0.469 e. The maximum absolute atomic E-state index is 13.4. The highest BCUT2D eigenvalue weighted by molar-refractivity contribution is 6.31. The van der Waals surface area contributed by atoms with Crippen LogP contribution in [0.25, 0.3) is 11.0 Å². The summed E-state index contributed by atoms with van der Waals surface area (Å²) in [6.07, 6.45) is 5.25. The number of hydrogen-bond donors (Lipinski definition) is 2. The molecule has 0 saturated heterocycles. The van der Waals surface area contributed by atoms with Gasteiger partial charge in [0.15, 0.2) is 5.82 Å². The second-order valence-corrected chi connectivity index (χ2v) is 7.19. The molecule has 29 heavy (non-hydrogen) atoms. The van der Waals surface area contributed by atoms with Crippen LogP contribution in [0, 0.1) is 11.7 Å². The first-order chi connectivity index (χ1) is 14.0. The van der Waals surface area contributed by atoms with E-state index >= 15 is 0 Å². The lowest BCUT2D eigenvalue weighted by atomic mass is 10.1. The highest BCUT2D eigenvalue weighted by atomic mass is 35.5. The van der Waals surface area contributed by atoms with Gasteiger partial charge in [-0.2, -0.15) is 0 Å². The fraction of sp³-hybridized carbons (Fsp3) is 0.316. The predicted octanol–water partition coefficient (Wildman–Crippen LogP) is 3.71. The molecular weight excluding hydrogens is 399 g/mol. The minimum atomic E-state index is -0.500. The molecule has 0 spiro atoms. The molecule has 0 bridgehead atoms. The molecule has 2 aromatic heterocycles. The van der Waals surface area contributed by atoms with E-state index in [0.717, 1.165) is 12.8 Å². The van der Waals surface area contributed by atoms with Crippen LogP contribution in [0.1, 0.15) is 19.3 Å². The van der Waals surface area contributed by atoms with E-state index in [1.807, 2.05) is 0 Å². The molecule has 1 saturated carbocycles. The van der Waals surface area contributed by atoms with Crippen molar-refractivity contribution in [2.24, 2.45) is 5.92 Å². The van der Waals surface area contributed by atoms with Gasteiger partial charge in [-0.15, -0.1) is 0 Å². The zero-order chi connectivity index (χ0) is 20.4. The maximum atomic E-state index is 13.4. The van der Waals surface area contributed by atoms with Crippen molar-refractivity contribution in [2.75, 3.05) is 17.7 Å². The zero-order valence-corrected chi connectivity index (χ0v) is 16.3. The maximum Gasteiger partial charge on any atom is 0.308 e. The molecule has 1 aliphatic carbocycles. The molecule has 2 atom stereocenters. The summed E-state index contributed by atoms with van der Waals surface area (Å²) in [6, 6.07) is 4.37. The lowest BCUT2D eigenvalue weighted by Gasteiger charge is -2.14. The standard InChI is InChI=1S/C19H18ClFN6O2/c1-29-18(28)10-2-3-11(6-10)26-19-22-8-15-16(27-19)17(24-9-23-15)25-12-4-5-14(21)13(20)7-12/h4-5,7-11H,2-3,6H2,1H3,(H,22,26,27)(H,23,24,25). The van der Waals surface area contributed by atoms with Crippen LogP contribution in [0.4, 0.5) is 21.8 Å². The van der Waals surface area contributed by atoms with Crippen molar-refractivity contribution in [1.29, 1.82) is 0 Å². The van der Waals surface area contributed by atoms with Crippen molar-refractivity contribution < 1.29 is 13.9 Å². The average Bonchev–Trinajstić information content (AvgIpc) is 3.19. The Morgan fingerprint density at radius 3 is 2.93 bits per heavy atom. The van der Waals surface area contributed by atoms with Crippen LogP contribution in [0.15, 0.2) is 30.7 Å². The van der Waals surface area contributed by atoms with E-state index in [9.17, 15) is 9.18 Å². The second kappa shape index (κ2) is 8.12. The number of nitrogens with zero attached hydrogens (tertiary/aromatic N) is 4. The highest BCUT2D eigenvalue weighted by Gasteiger charge is 2.31. The van der Waals surface area contributed by atoms with Crippen molar-refractivity contribution in [2.45, 2.75) is 25.3 Å². The molecule has 0 aliphatic heterocycles. The Hall–Kier alpha value is -3.07. The van der Waals surface area contributed by atoms with Crippen LogP contribution >= 0.6 is 11.6 Å². The molecule has 2 N–H and O–H groups in total. The number of fused-ring (bicyclic) bond motifs is 1. The molecule has 4 rings (SSSR count). The second-order valence-electron chi connectivity index (χ2n) is 6.78. The number of esters is 1. The molecule has 1 aromatic carbocycles. The minimum Gasteiger partial charge on any atom is -0.469 e. The number of halogens is 2. The SMILES string of the molecule is COC(=O)C1CCC(Nc2ncc3ncnc(Nc4ccc(F)c(Cl)c4)c3n2)C1. The van der Waals surface area contributed by atoms with Gasteiger partial charge in [-0.1, -0.05) is 11.6 Å². The van der Waals surface area contributed by atoms with Gasteiger partial charge >= 0.3 is 5.97 Å². The molecule has 3 aromatic rings. The Labute approximate surface area is 170 Å². The third kappa shape index (κ3) is 4.19. The number of hydrogen-bond acceptors (Lipinski definition) is 8. The molecule has 150 valence electrons. The van der Waals surface area contributed by atoms with Crippen LogP contribution in [0.5, 0.6) is 0 Å². The zero-order valence-electron chi connectivity index (χ0n) is 15.5. The van der Waals surface area contributed by atoms with E-state index in [0.29, 0.717) is 34.9 Å². The van der Waals surface area contributed by atoms with Gasteiger partial charge < -0.3 is 15.4 Å². The first kappa shape index (κ1) is 19.3. The van der Waals surface area contributed by atoms with Gasteiger partial charge in [0.1, 0.15) is 23.2 Å². The third-order valence-corrected chi connectivity index (χ3v) is 5.15. The number of rotatable bonds is 5. The smallest absolute Gasteiger partial charge is 0.308 e. The van der Waals surface area contributed by atoms with E-state index < -0.39 is 5.82 Å². The topological polar surface area (TPSA) is 102 Å². The van der Waals surface area contributed by atoms with E-state index in [1.165, 1.54) is 25.6 Å². The van der Waals surface area contributed by atoms with Gasteiger partial charge in [-0.25, -0.2) is 24.3 Å². The summed E-state index contributed by atoms with van der Waals surface area (Å²) in [6.45, 7) is 0. The molecule has 2 heterocycles. The molecule has 1 fully saturated rings. The van der Waals surface area contributed by atoms with Crippen LogP contribution in [-0.4, -0.2) is 39.1 Å². The van der Waals surface area contributed by atoms with Gasteiger partial charge in [0.05, 0.1) is 24.2 Å². The van der Waals surface area contributed by atoms with Crippen molar-refractivity contribution in [3.63, 3.8) is 0 Å². The van der Waals surface area contributed by atoms with E-state index in [4.69, 9.17) is 16.3 Å². The number of ether oxygens (including phenoxy) is 1. The fourth-order valence-corrected chi connectivity index (χ4v) is 3.58. The molecule has 0 amide bonds. The van der Waals surface area contributed by atoms with Crippen LogP contribution < -0.4 is 10.6 Å². The first-order valence-electron chi connectivity index (χ1n) is 9.07. The summed E-state index contributed by atoms with van der Waals surface area (Å²) in [4.78, 5) is 29.0. The van der Waals surface area contributed by atoms with E-state index in [-0.39, 0.29) is 23.0 Å². The fourth-order valence-electron chi connectivity index (χ4n) is 3.40. The molecule has 8 nitrogen and oxygen atoms in total. The van der Waals surface area contributed by atoms with Gasteiger partial charge in [0.2, 0.25) is 5.95 Å². The molecular formula is C19H18ClFN6O2. The summed E-state index contributed by atoms with van der Waals surface area (Å²) in [5.41, 5.74) is 1.63. The normalized spacial score (nSPS) is 18.6. The Balaban J connectivity index is 1.56. The van der Waals surface area contributed by atoms with Gasteiger partial charge in [0, 0.05) is 11.7 Å². The number of methoxy groups -OCH3 is 1. The Morgan fingerprint density at radius 1 is 1.28 bits per heavy atom. The molecule has 2 unspecified atom stereocenters. The van der Waals surface area contributed by atoms with Gasteiger partial charge in [-0.3, -0.25) is 4.79 Å². The molecule has 0 radical (unpaired) electrons. The quantitative estimate of drug-likeness (QED) is 0.607. The monoisotopic (exact) mass is 416 g/mol. The van der Waals surface area contributed by atoms with Gasteiger partial charge in [0.25, 0.3) is 0 Å². The van der Waals surface area contributed by atoms with Crippen molar-refractivity contribution in [3.05, 3.63) is 41.6 Å². The van der Waals surface area contributed by atoms with E-state index in [2.05, 4.69) is 30.6 Å². The Bertz CT molecular complexity index is 1070. The number of carbonyl (C=O) groups is 1. The van der Waals surface area contributed by atoms with Crippen LogP contribution in [0.2, 0.25) is 5.02 Å². The summed E-state index contributed by atoms with van der Waals surface area (Å²) in [5, 5.41) is 6.36. The average molecular weight is 417 g/mol. The predicted molar refractivity (Wildman–Crippen MR) is 107 cm³/mol. The van der Waals surface area contributed by atoms with Gasteiger partial charge in [-0.05, 0) is 37.5 Å². The number of nitrogens with one attached hydrogen (secondary N) is 2. The number of benzene rings is 1. The number of carbonyl (C=O) groups excluding carboxylic acids is 1. The van der Waals surface area contributed by atoms with Crippen LogP contribution in [-0.2, 0) is 9.53 Å². The third-order valence-electron chi connectivity index (χ3n) is 4.86. The summed E-state index contributed by atoms with van der Waals surface area (Å²) in [5.74, 6) is 0.0682. The Kier molecular flexibility index (Phi) is 5.39. The Morgan fingerprint density at radius 2 is 2.14 bits per heavy atom. The van der Waals surface area contributed by atoms with Crippen molar-refractivity contribution >= 4 is 46.1 Å². The van der Waals surface area contributed by atoms with E-state index in [1.54, 1.807) is 12.3 Å². The lowest BCUT2D eigenvalue weighted by molar-refractivity contribution is -0.145. The minimum absolute atomic E-state index is 0.00624. The summed E-state index contributed by atoms with van der Waals surface area (Å²) >= 11 is 5.85. The lowest BCUT2D eigenvalue weighted by Crippen LogP contribution is -2.20. The summed E-state index contributed by atoms with van der Waals surface area (Å²) < 4.78 is 18.2. The molecule has 10 heteroatoms. The number of anilines is 3.